The zero-order valence-electron chi connectivity index (χ0n) is 8.50. The van der Waals surface area contributed by atoms with Crippen molar-refractivity contribution in [2.45, 2.75) is 32.2 Å². The Morgan fingerprint density at radius 3 is 3.07 bits per heavy atom. The second-order valence-corrected chi connectivity index (χ2v) is 5.80. The van der Waals surface area contributed by atoms with Crippen LogP contribution in [0.25, 0.3) is 0 Å². The van der Waals surface area contributed by atoms with Crippen molar-refractivity contribution in [1.82, 2.24) is 4.98 Å². The van der Waals surface area contributed by atoms with Crippen molar-refractivity contribution in [1.29, 1.82) is 0 Å². The summed E-state index contributed by atoms with van der Waals surface area (Å²) in [6.45, 7) is 1.94. The molecule has 15 heavy (non-hydrogen) atoms. The summed E-state index contributed by atoms with van der Waals surface area (Å²) in [5, 5.41) is 3.37. The molecule has 0 saturated heterocycles. The lowest BCUT2D eigenvalue weighted by Gasteiger charge is -2.04. The highest BCUT2D eigenvalue weighted by Gasteiger charge is 2.05. The average Bonchev–Trinajstić information content (AvgIpc) is 2.50. The summed E-state index contributed by atoms with van der Waals surface area (Å²) in [6, 6.07) is 0.159. The first-order chi connectivity index (χ1) is 7.08. The lowest BCUT2D eigenvalue weighted by atomic mass is 10.1. The summed E-state index contributed by atoms with van der Waals surface area (Å²) >= 11 is 4.69. The molecular weight excluding hydrogens is 278 g/mol. The van der Waals surface area contributed by atoms with Gasteiger partial charge in [-0.25, -0.2) is 4.98 Å². The zero-order chi connectivity index (χ0) is 11.3. The molecule has 4 nitrogen and oxygen atoms in total. The normalized spacial score (nSPS) is 12.5. The number of hydrogen-bond acceptors (Lipinski definition) is 4. The van der Waals surface area contributed by atoms with Crippen LogP contribution in [-0.4, -0.2) is 16.9 Å². The molecule has 1 aromatic heterocycles. The number of anilines is 1. The third kappa shape index (κ3) is 5.25. The predicted octanol–water partition coefficient (Wildman–Crippen LogP) is 2.36. The molecule has 3 N–H and O–H groups in total. The van der Waals surface area contributed by atoms with Gasteiger partial charge in [0.2, 0.25) is 5.91 Å². The Labute approximate surface area is 101 Å². The molecule has 0 saturated carbocycles. The molecule has 0 aliphatic heterocycles. The number of halogens is 1. The molecule has 1 heterocycles. The van der Waals surface area contributed by atoms with Crippen molar-refractivity contribution < 1.29 is 4.79 Å². The molecule has 1 rings (SSSR count). The van der Waals surface area contributed by atoms with Crippen LogP contribution in [0.4, 0.5) is 5.13 Å². The molecule has 0 radical (unpaired) electrons. The van der Waals surface area contributed by atoms with E-state index in [-0.39, 0.29) is 11.9 Å². The van der Waals surface area contributed by atoms with Crippen molar-refractivity contribution in [3.05, 3.63) is 9.98 Å². The highest BCUT2D eigenvalue weighted by molar-refractivity contribution is 9.11. The first-order valence-electron chi connectivity index (χ1n) is 4.74. The Bertz CT molecular complexity index is 327. The standard InChI is InChI=1S/C9H14BrN3OS/c1-6(11)3-2-4-8(14)13-9-12-5-7(10)15-9/h5-6H,2-4,11H2,1H3,(H,12,13,14). The van der Waals surface area contributed by atoms with Crippen LogP contribution in [-0.2, 0) is 4.79 Å². The largest absolute Gasteiger partial charge is 0.328 e. The van der Waals surface area contributed by atoms with Crippen LogP contribution in [0.3, 0.4) is 0 Å². The number of nitrogens with zero attached hydrogens (tertiary/aromatic N) is 1. The molecule has 0 aliphatic rings. The molecule has 0 fully saturated rings. The Balaban J connectivity index is 2.24. The minimum absolute atomic E-state index is 0.00231. The molecular formula is C9H14BrN3OS. The van der Waals surface area contributed by atoms with E-state index in [0.29, 0.717) is 11.6 Å². The number of aromatic nitrogens is 1. The molecule has 1 unspecified atom stereocenters. The van der Waals surface area contributed by atoms with Crippen LogP contribution in [0.1, 0.15) is 26.2 Å². The highest BCUT2D eigenvalue weighted by atomic mass is 79.9. The fraction of sp³-hybridized carbons (Fsp3) is 0.556. The van der Waals surface area contributed by atoms with Crippen LogP contribution >= 0.6 is 27.3 Å². The number of carbonyl (C=O) groups excluding carboxylic acids is 1. The maximum absolute atomic E-state index is 11.4. The van der Waals surface area contributed by atoms with Crippen molar-refractivity contribution in [2.24, 2.45) is 5.73 Å². The smallest absolute Gasteiger partial charge is 0.226 e. The molecule has 0 spiro atoms. The highest BCUT2D eigenvalue weighted by Crippen LogP contribution is 2.23. The van der Waals surface area contributed by atoms with E-state index in [2.05, 4.69) is 26.2 Å². The molecule has 0 aromatic carbocycles. The van der Waals surface area contributed by atoms with E-state index in [1.165, 1.54) is 11.3 Å². The molecule has 1 aromatic rings. The SMILES string of the molecule is CC(N)CCCC(=O)Nc1ncc(Br)s1. The van der Waals surface area contributed by atoms with E-state index < -0.39 is 0 Å². The molecule has 0 bridgehead atoms. The van der Waals surface area contributed by atoms with Crippen molar-refractivity contribution in [2.75, 3.05) is 5.32 Å². The second-order valence-electron chi connectivity index (χ2n) is 3.39. The van der Waals surface area contributed by atoms with Gasteiger partial charge in [-0.1, -0.05) is 11.3 Å². The minimum atomic E-state index is -0.00231. The van der Waals surface area contributed by atoms with E-state index >= 15 is 0 Å². The number of rotatable bonds is 5. The first-order valence-corrected chi connectivity index (χ1v) is 6.35. The van der Waals surface area contributed by atoms with E-state index in [4.69, 9.17) is 5.73 Å². The minimum Gasteiger partial charge on any atom is -0.328 e. The first kappa shape index (κ1) is 12.6. The Morgan fingerprint density at radius 1 is 1.80 bits per heavy atom. The van der Waals surface area contributed by atoms with Crippen molar-refractivity contribution in [3.63, 3.8) is 0 Å². The Morgan fingerprint density at radius 2 is 2.53 bits per heavy atom. The number of nitrogens with one attached hydrogen (secondary N) is 1. The van der Waals surface area contributed by atoms with Gasteiger partial charge in [0.15, 0.2) is 5.13 Å². The third-order valence-corrected chi connectivity index (χ3v) is 3.18. The van der Waals surface area contributed by atoms with Gasteiger partial charge in [-0.3, -0.25) is 4.79 Å². The van der Waals surface area contributed by atoms with E-state index in [1.54, 1.807) is 6.20 Å². The van der Waals surface area contributed by atoms with Gasteiger partial charge in [0, 0.05) is 12.5 Å². The van der Waals surface area contributed by atoms with Gasteiger partial charge < -0.3 is 11.1 Å². The van der Waals surface area contributed by atoms with Gasteiger partial charge in [-0.2, -0.15) is 0 Å². The third-order valence-electron chi connectivity index (χ3n) is 1.79. The van der Waals surface area contributed by atoms with E-state index in [0.717, 1.165) is 16.6 Å². The Hall–Kier alpha value is -0.460. The van der Waals surface area contributed by atoms with Gasteiger partial charge in [0.05, 0.1) is 9.98 Å². The summed E-state index contributed by atoms with van der Waals surface area (Å²) in [4.78, 5) is 15.4. The second kappa shape index (κ2) is 6.19. The lowest BCUT2D eigenvalue weighted by molar-refractivity contribution is -0.116. The fourth-order valence-corrected chi connectivity index (χ4v) is 2.20. The molecule has 1 amide bonds. The number of hydrogen-bond donors (Lipinski definition) is 2. The van der Waals surface area contributed by atoms with Gasteiger partial charge in [0.25, 0.3) is 0 Å². The molecule has 6 heteroatoms. The van der Waals surface area contributed by atoms with Crippen LogP contribution in [0.2, 0.25) is 0 Å². The fourth-order valence-electron chi connectivity index (χ4n) is 1.08. The number of nitrogens with two attached hydrogens (primary N) is 1. The predicted molar refractivity (Wildman–Crippen MR) is 65.9 cm³/mol. The van der Waals surface area contributed by atoms with E-state index in [1.807, 2.05) is 6.92 Å². The number of carbonyl (C=O) groups is 1. The summed E-state index contributed by atoms with van der Waals surface area (Å²) in [5.41, 5.74) is 5.59. The van der Waals surface area contributed by atoms with Crippen molar-refractivity contribution >= 4 is 38.3 Å². The van der Waals surface area contributed by atoms with Gasteiger partial charge in [-0.15, -0.1) is 0 Å². The summed E-state index contributed by atoms with van der Waals surface area (Å²) in [7, 11) is 0. The van der Waals surface area contributed by atoms with Crippen molar-refractivity contribution in [3.8, 4) is 0 Å². The summed E-state index contributed by atoms with van der Waals surface area (Å²) in [6.07, 6.45) is 3.85. The van der Waals surface area contributed by atoms with Crippen LogP contribution in [0.15, 0.2) is 9.98 Å². The number of amides is 1. The quantitative estimate of drug-likeness (QED) is 0.875. The zero-order valence-corrected chi connectivity index (χ0v) is 10.9. The summed E-state index contributed by atoms with van der Waals surface area (Å²) in [5.74, 6) is -0.00231. The van der Waals surface area contributed by atoms with Crippen LogP contribution in [0.5, 0.6) is 0 Å². The lowest BCUT2D eigenvalue weighted by Crippen LogP contribution is -2.16. The average molecular weight is 292 g/mol. The maximum Gasteiger partial charge on any atom is 0.226 e. The molecule has 1 atom stereocenters. The van der Waals surface area contributed by atoms with Gasteiger partial charge >= 0.3 is 0 Å². The number of thiazole rings is 1. The molecule has 0 aliphatic carbocycles. The van der Waals surface area contributed by atoms with Gasteiger partial charge in [-0.05, 0) is 35.7 Å². The topological polar surface area (TPSA) is 68.0 Å². The Kier molecular flexibility index (Phi) is 5.21. The summed E-state index contributed by atoms with van der Waals surface area (Å²) < 4.78 is 0.911. The monoisotopic (exact) mass is 291 g/mol. The molecule has 84 valence electrons. The maximum atomic E-state index is 11.4. The van der Waals surface area contributed by atoms with Crippen LogP contribution in [0, 0.1) is 0 Å². The van der Waals surface area contributed by atoms with Crippen LogP contribution < -0.4 is 11.1 Å². The van der Waals surface area contributed by atoms with E-state index in [9.17, 15) is 4.79 Å². The van der Waals surface area contributed by atoms with Gasteiger partial charge in [0.1, 0.15) is 0 Å².